The molecule has 3 rings (SSSR count). The van der Waals surface area contributed by atoms with Crippen LogP contribution in [0.3, 0.4) is 0 Å². The number of halogens is 1. The average Bonchev–Trinajstić information content (AvgIpc) is 2.98. The summed E-state index contributed by atoms with van der Waals surface area (Å²) in [4.78, 5) is 4.27. The zero-order valence-electron chi connectivity index (χ0n) is 17.5. The third-order valence-corrected chi connectivity index (χ3v) is 5.06. The number of rotatable bonds is 6. The molecule has 0 radical (unpaired) electrons. The third kappa shape index (κ3) is 5.22. The number of nitrogens with one attached hydrogen (secondary N) is 2. The van der Waals surface area contributed by atoms with Gasteiger partial charge in [-0.25, -0.2) is 4.39 Å². The van der Waals surface area contributed by atoms with Gasteiger partial charge in [0, 0.05) is 31.4 Å². The van der Waals surface area contributed by atoms with Crippen LogP contribution in [0.1, 0.15) is 33.6 Å². The second-order valence-electron chi connectivity index (χ2n) is 7.16. The van der Waals surface area contributed by atoms with Crippen molar-refractivity contribution in [2.45, 2.75) is 40.4 Å². The highest BCUT2D eigenvalue weighted by Crippen LogP contribution is 2.15. The van der Waals surface area contributed by atoms with Crippen molar-refractivity contribution in [1.82, 2.24) is 20.4 Å². The van der Waals surface area contributed by atoms with Gasteiger partial charge in [-0.05, 0) is 43.5 Å². The van der Waals surface area contributed by atoms with Crippen LogP contribution >= 0.6 is 0 Å². The molecular formula is C23H28FN5. The highest BCUT2D eigenvalue weighted by molar-refractivity contribution is 5.79. The Kier molecular flexibility index (Phi) is 6.65. The molecule has 0 unspecified atom stereocenters. The largest absolute Gasteiger partial charge is 0.352 e. The topological polar surface area (TPSA) is 54.2 Å². The first-order chi connectivity index (χ1) is 14.0. The van der Waals surface area contributed by atoms with Crippen molar-refractivity contribution in [3.05, 3.63) is 88.0 Å². The summed E-state index contributed by atoms with van der Waals surface area (Å²) < 4.78 is 15.8. The quantitative estimate of drug-likeness (QED) is 0.494. The molecule has 3 aromatic rings. The van der Waals surface area contributed by atoms with Gasteiger partial charge < -0.3 is 10.6 Å². The normalized spacial score (nSPS) is 11.6. The monoisotopic (exact) mass is 393 g/mol. The number of aromatic nitrogens is 2. The van der Waals surface area contributed by atoms with E-state index in [1.807, 2.05) is 35.9 Å². The lowest BCUT2D eigenvalue weighted by atomic mass is 10.1. The first kappa shape index (κ1) is 20.6. The number of nitrogens with zero attached hydrogens (tertiary/aromatic N) is 3. The minimum Gasteiger partial charge on any atom is -0.352 e. The lowest BCUT2D eigenvalue weighted by Crippen LogP contribution is -2.36. The first-order valence-electron chi connectivity index (χ1n) is 9.74. The van der Waals surface area contributed by atoms with E-state index in [-0.39, 0.29) is 5.82 Å². The summed E-state index contributed by atoms with van der Waals surface area (Å²) in [5.74, 6) is 0.477. The maximum Gasteiger partial charge on any atom is 0.191 e. The highest BCUT2D eigenvalue weighted by Gasteiger charge is 2.12. The second-order valence-corrected chi connectivity index (χ2v) is 7.16. The zero-order valence-corrected chi connectivity index (χ0v) is 17.5. The van der Waals surface area contributed by atoms with Crippen molar-refractivity contribution in [2.75, 3.05) is 7.05 Å². The number of benzene rings is 2. The Morgan fingerprint density at radius 1 is 1.00 bits per heavy atom. The van der Waals surface area contributed by atoms with Crippen molar-refractivity contribution in [3.8, 4) is 0 Å². The van der Waals surface area contributed by atoms with Crippen molar-refractivity contribution in [3.63, 3.8) is 0 Å². The van der Waals surface area contributed by atoms with Gasteiger partial charge in [-0.15, -0.1) is 0 Å². The highest BCUT2D eigenvalue weighted by atomic mass is 19.1. The molecule has 0 amide bonds. The van der Waals surface area contributed by atoms with Crippen LogP contribution in [0.15, 0.2) is 53.5 Å². The summed E-state index contributed by atoms with van der Waals surface area (Å²) in [6.45, 7) is 7.74. The van der Waals surface area contributed by atoms with Crippen LogP contribution in [0.4, 0.5) is 4.39 Å². The number of hydrogen-bond acceptors (Lipinski definition) is 2. The molecule has 152 valence electrons. The molecule has 0 spiro atoms. The van der Waals surface area contributed by atoms with Gasteiger partial charge in [0.25, 0.3) is 0 Å². The van der Waals surface area contributed by atoms with Gasteiger partial charge in [0.1, 0.15) is 5.82 Å². The summed E-state index contributed by atoms with van der Waals surface area (Å²) in [7, 11) is 1.73. The maximum atomic E-state index is 13.7. The second kappa shape index (κ2) is 9.37. The van der Waals surface area contributed by atoms with Crippen LogP contribution in [0, 0.1) is 26.6 Å². The van der Waals surface area contributed by atoms with E-state index >= 15 is 0 Å². The van der Waals surface area contributed by atoms with E-state index in [0.29, 0.717) is 24.6 Å². The van der Waals surface area contributed by atoms with Gasteiger partial charge in [0.05, 0.1) is 12.2 Å². The molecule has 2 aromatic carbocycles. The van der Waals surface area contributed by atoms with E-state index in [0.717, 1.165) is 29.1 Å². The van der Waals surface area contributed by atoms with E-state index in [4.69, 9.17) is 5.10 Å². The summed E-state index contributed by atoms with van der Waals surface area (Å²) in [5, 5.41) is 11.3. The summed E-state index contributed by atoms with van der Waals surface area (Å²) >= 11 is 0. The number of aryl methyl sites for hydroxylation is 2. The molecule has 0 saturated heterocycles. The molecule has 0 aliphatic rings. The number of guanidine groups is 1. The molecule has 2 N–H and O–H groups in total. The van der Waals surface area contributed by atoms with E-state index in [9.17, 15) is 4.39 Å². The molecule has 6 heteroatoms. The summed E-state index contributed by atoms with van der Waals surface area (Å²) in [5.41, 5.74) is 6.04. The van der Waals surface area contributed by atoms with Crippen LogP contribution in [0.25, 0.3) is 0 Å². The standard InChI is InChI=1S/C23H28FN5/c1-16-10-11-20(12-22(16)24)13-26-23(25-4)27-14-21-17(2)28-29(18(21)3)15-19-8-6-5-7-9-19/h5-12H,13-15H2,1-4H3,(H2,25,26,27). The van der Waals surface area contributed by atoms with Crippen molar-refractivity contribution in [1.29, 1.82) is 0 Å². The summed E-state index contributed by atoms with van der Waals surface area (Å²) in [6, 6.07) is 15.6. The lowest BCUT2D eigenvalue weighted by molar-refractivity contribution is 0.615. The molecule has 0 saturated carbocycles. The van der Waals surface area contributed by atoms with E-state index in [1.54, 1.807) is 26.1 Å². The predicted molar refractivity (Wildman–Crippen MR) is 115 cm³/mol. The van der Waals surface area contributed by atoms with Gasteiger partial charge in [0.15, 0.2) is 5.96 Å². The van der Waals surface area contributed by atoms with Crippen molar-refractivity contribution >= 4 is 5.96 Å². The molecule has 29 heavy (non-hydrogen) atoms. The Morgan fingerprint density at radius 3 is 2.41 bits per heavy atom. The predicted octanol–water partition coefficient (Wildman–Crippen LogP) is 3.86. The van der Waals surface area contributed by atoms with Crippen LogP contribution in [-0.2, 0) is 19.6 Å². The van der Waals surface area contributed by atoms with Crippen molar-refractivity contribution in [2.24, 2.45) is 4.99 Å². The smallest absolute Gasteiger partial charge is 0.191 e. The summed E-state index contributed by atoms with van der Waals surface area (Å²) in [6.07, 6.45) is 0. The van der Waals surface area contributed by atoms with Gasteiger partial charge in [-0.3, -0.25) is 9.67 Å². The average molecular weight is 394 g/mol. The maximum absolute atomic E-state index is 13.7. The fourth-order valence-electron chi connectivity index (χ4n) is 3.22. The minimum absolute atomic E-state index is 0.190. The SMILES string of the molecule is CN=C(NCc1ccc(C)c(F)c1)NCc1c(C)nn(Cc2ccccc2)c1C. The molecule has 0 atom stereocenters. The number of aliphatic imine (C=N–C) groups is 1. The molecule has 1 aromatic heterocycles. The molecular weight excluding hydrogens is 365 g/mol. The fourth-order valence-corrected chi connectivity index (χ4v) is 3.22. The Labute approximate surface area is 171 Å². The fraction of sp³-hybridized carbons (Fsp3) is 0.304. The van der Waals surface area contributed by atoms with E-state index in [1.165, 1.54) is 5.56 Å². The van der Waals surface area contributed by atoms with Crippen LogP contribution in [-0.4, -0.2) is 22.8 Å². The Hall–Kier alpha value is -3.15. The molecule has 5 nitrogen and oxygen atoms in total. The first-order valence-corrected chi connectivity index (χ1v) is 9.74. The molecule has 1 heterocycles. The minimum atomic E-state index is -0.190. The third-order valence-electron chi connectivity index (χ3n) is 5.06. The molecule has 0 aliphatic carbocycles. The van der Waals surface area contributed by atoms with Gasteiger partial charge in [-0.1, -0.05) is 42.5 Å². The van der Waals surface area contributed by atoms with Gasteiger partial charge in [0.2, 0.25) is 0 Å². The van der Waals surface area contributed by atoms with Gasteiger partial charge in [-0.2, -0.15) is 5.10 Å². The van der Waals surface area contributed by atoms with Crippen LogP contribution < -0.4 is 10.6 Å². The molecule has 0 bridgehead atoms. The zero-order chi connectivity index (χ0) is 20.8. The molecule has 0 fully saturated rings. The Bertz CT molecular complexity index is 992. The van der Waals surface area contributed by atoms with Crippen molar-refractivity contribution < 1.29 is 4.39 Å². The molecule has 0 aliphatic heterocycles. The van der Waals surface area contributed by atoms with Gasteiger partial charge >= 0.3 is 0 Å². The number of hydrogen-bond donors (Lipinski definition) is 2. The van der Waals surface area contributed by atoms with Crippen LogP contribution in [0.5, 0.6) is 0 Å². The van der Waals surface area contributed by atoms with E-state index in [2.05, 4.69) is 34.7 Å². The van der Waals surface area contributed by atoms with E-state index < -0.39 is 0 Å². The Balaban J connectivity index is 1.61. The van der Waals surface area contributed by atoms with Crippen LogP contribution in [0.2, 0.25) is 0 Å². The Morgan fingerprint density at radius 2 is 1.72 bits per heavy atom. The lowest BCUT2D eigenvalue weighted by Gasteiger charge is -2.13.